The number of phosphoric acid groups is 1. The molecule has 22 nitrogen and oxygen atoms in total. The normalized spacial score (nSPS) is 29.8. The lowest BCUT2D eigenvalue weighted by Crippen LogP contribution is -2.38. The van der Waals surface area contributed by atoms with Crippen molar-refractivity contribution >= 4 is 49.3 Å². The summed E-state index contributed by atoms with van der Waals surface area (Å²) in [5.41, 5.74) is 9.67. The lowest BCUT2D eigenvalue weighted by Gasteiger charge is -2.28. The number of nitrogens with two attached hydrogens (primary N) is 2. The van der Waals surface area contributed by atoms with Crippen LogP contribution in [-0.2, 0) is 48.9 Å². The predicted octanol–water partition coefficient (Wildman–Crippen LogP) is -2.55. The van der Waals surface area contributed by atoms with Crippen molar-refractivity contribution in [3.05, 3.63) is 39.4 Å². The number of rotatable bonds is 12. The number of phosphoric ester groups is 1. The lowest BCUT2D eigenvalue weighted by molar-refractivity contribution is -0.0589. The SMILES string of the molecule is COC1[C@@H](COP(O)(=S)OC2[C@@H](OC)[C@H](n3cnc4c(=O)[nH]c(N)nc43)O[C@@H]2COP(=O)(O)O)O[C@@H](n2ccc(N)nc2=O)[C@H]1O. The molecular formula is C21H30N8O14P2S. The third kappa shape index (κ3) is 7.22. The van der Waals surface area contributed by atoms with Gasteiger partial charge in [-0.05, 0) is 17.9 Å². The summed E-state index contributed by atoms with van der Waals surface area (Å²) in [7, 11) is -2.47. The first-order valence-electron chi connectivity index (χ1n) is 13.1. The molecule has 9 N–H and O–H groups in total. The van der Waals surface area contributed by atoms with E-state index in [1.54, 1.807) is 0 Å². The van der Waals surface area contributed by atoms with Gasteiger partial charge in [0.25, 0.3) is 5.56 Å². The number of imidazole rings is 1. The van der Waals surface area contributed by atoms with Crippen molar-refractivity contribution in [3.63, 3.8) is 0 Å². The molecule has 5 rings (SSSR count). The minimum absolute atomic E-state index is 0.0178. The topological polar surface area (TPSA) is 313 Å². The van der Waals surface area contributed by atoms with Gasteiger partial charge in [-0.15, -0.1) is 0 Å². The van der Waals surface area contributed by atoms with Gasteiger partial charge in [0.05, 0.1) is 19.5 Å². The molecule has 254 valence electrons. The second-order valence-corrected chi connectivity index (χ2v) is 14.0. The smallest absolute Gasteiger partial charge is 0.386 e. The maximum Gasteiger partial charge on any atom is 0.469 e. The number of anilines is 2. The number of ether oxygens (including phenoxy) is 4. The summed E-state index contributed by atoms with van der Waals surface area (Å²) in [6.07, 6.45) is -7.44. The van der Waals surface area contributed by atoms with Crippen molar-refractivity contribution in [2.24, 2.45) is 0 Å². The number of H-pyrrole nitrogens is 1. The van der Waals surface area contributed by atoms with Crippen LogP contribution < -0.4 is 22.7 Å². The summed E-state index contributed by atoms with van der Waals surface area (Å²) in [4.78, 5) is 68.3. The highest BCUT2D eigenvalue weighted by molar-refractivity contribution is 8.07. The Morgan fingerprint density at radius 2 is 1.65 bits per heavy atom. The van der Waals surface area contributed by atoms with Crippen LogP contribution in [0.15, 0.2) is 28.2 Å². The number of nitrogen functional groups attached to an aromatic ring is 2. The van der Waals surface area contributed by atoms with Crippen LogP contribution in [-0.4, -0.2) is 113 Å². The zero-order chi connectivity index (χ0) is 33.6. The summed E-state index contributed by atoms with van der Waals surface area (Å²) >= 11 is 5.22. The summed E-state index contributed by atoms with van der Waals surface area (Å²) in [5.74, 6) is -0.268. The molecule has 2 aliphatic rings. The number of nitrogens with zero attached hydrogens (tertiary/aromatic N) is 5. The standard InChI is InChI=1S/C21H30N8O14P2S/c1-37-13-8(41-18(12(13)30)28-4-3-10(22)25-21(28)32)6-40-45(36,46)43-14-9(5-39-44(33,34)35)42-19(15(14)38-2)29-7-24-11-16(29)26-20(23)27-17(11)31/h3-4,7-9,12-15,18-19,30H,5-6H2,1-2H3,(H,36,46)(H2,22,25,32)(H2,33,34,35)(H3,23,26,27,31)/t8-,9-,12+,13?,14?,15-,18-,19-,45?/m1/s1. The van der Waals surface area contributed by atoms with Crippen molar-refractivity contribution in [1.82, 2.24) is 29.1 Å². The average Bonchev–Trinajstić information content (AvgIpc) is 3.63. The number of aromatic nitrogens is 6. The quantitative estimate of drug-likeness (QED) is 0.0951. The number of nitrogens with one attached hydrogen (secondary N) is 1. The number of aliphatic hydroxyl groups excluding tert-OH is 1. The van der Waals surface area contributed by atoms with Crippen molar-refractivity contribution in [2.75, 3.05) is 38.9 Å². The third-order valence-electron chi connectivity index (χ3n) is 7.05. The van der Waals surface area contributed by atoms with E-state index in [1.807, 2.05) is 0 Å². The Labute approximate surface area is 262 Å². The van der Waals surface area contributed by atoms with E-state index in [9.17, 15) is 33.9 Å². The molecule has 46 heavy (non-hydrogen) atoms. The van der Waals surface area contributed by atoms with E-state index in [2.05, 4.69) is 24.5 Å². The summed E-state index contributed by atoms with van der Waals surface area (Å²) in [6, 6.07) is 1.33. The van der Waals surface area contributed by atoms with E-state index in [1.165, 1.54) is 37.4 Å². The lowest BCUT2D eigenvalue weighted by atomic mass is 10.1. The van der Waals surface area contributed by atoms with E-state index in [0.717, 1.165) is 4.57 Å². The number of aromatic amines is 1. The minimum Gasteiger partial charge on any atom is -0.386 e. The number of hydrogen-bond acceptors (Lipinski definition) is 17. The predicted molar refractivity (Wildman–Crippen MR) is 156 cm³/mol. The fourth-order valence-corrected chi connectivity index (χ4v) is 6.87. The van der Waals surface area contributed by atoms with Crippen molar-refractivity contribution in [2.45, 2.75) is 49.1 Å². The molecule has 5 heterocycles. The van der Waals surface area contributed by atoms with Crippen LogP contribution >= 0.6 is 14.5 Å². The first-order valence-corrected chi connectivity index (χ1v) is 17.2. The van der Waals surface area contributed by atoms with E-state index < -0.39 is 88.1 Å². The molecular weight excluding hydrogens is 682 g/mol. The third-order valence-corrected chi connectivity index (χ3v) is 9.10. The monoisotopic (exact) mass is 712 g/mol. The Hall–Kier alpha value is -2.73. The van der Waals surface area contributed by atoms with Crippen molar-refractivity contribution in [3.8, 4) is 0 Å². The van der Waals surface area contributed by atoms with Gasteiger partial charge in [0.1, 0.15) is 42.4 Å². The first-order chi connectivity index (χ1) is 21.6. The molecule has 9 atom stereocenters. The van der Waals surface area contributed by atoms with Crippen LogP contribution in [0.4, 0.5) is 11.8 Å². The van der Waals surface area contributed by atoms with Gasteiger partial charge in [-0.3, -0.25) is 28.0 Å². The first kappa shape index (κ1) is 34.6. The fraction of sp³-hybridized carbons (Fsp3) is 0.571. The molecule has 0 spiro atoms. The fourth-order valence-electron chi connectivity index (χ4n) is 5.09. The molecule has 0 bridgehead atoms. The molecule has 2 fully saturated rings. The van der Waals surface area contributed by atoms with Gasteiger partial charge in [-0.1, -0.05) is 0 Å². The second kappa shape index (κ2) is 13.4. The average molecular weight is 713 g/mol. The largest absolute Gasteiger partial charge is 0.469 e. The highest BCUT2D eigenvalue weighted by Gasteiger charge is 2.51. The number of aliphatic hydroxyl groups is 1. The highest BCUT2D eigenvalue weighted by atomic mass is 32.5. The summed E-state index contributed by atoms with van der Waals surface area (Å²) in [6.45, 7) is -5.56. The molecule has 0 amide bonds. The van der Waals surface area contributed by atoms with Crippen LogP contribution in [0.1, 0.15) is 12.5 Å². The molecule has 0 radical (unpaired) electrons. The Morgan fingerprint density at radius 1 is 1.00 bits per heavy atom. The molecule has 3 aromatic rings. The molecule has 3 aromatic heterocycles. The van der Waals surface area contributed by atoms with Crippen molar-refractivity contribution in [1.29, 1.82) is 0 Å². The minimum atomic E-state index is -5.01. The van der Waals surface area contributed by atoms with Crippen LogP contribution in [0.5, 0.6) is 0 Å². The maximum absolute atomic E-state index is 12.3. The molecule has 2 saturated heterocycles. The highest BCUT2D eigenvalue weighted by Crippen LogP contribution is 2.51. The molecule has 25 heteroatoms. The van der Waals surface area contributed by atoms with Crippen LogP contribution in [0.3, 0.4) is 0 Å². The molecule has 0 aliphatic carbocycles. The number of hydrogen-bond donors (Lipinski definition) is 7. The van der Waals surface area contributed by atoms with Gasteiger partial charge in [-0.25, -0.2) is 14.3 Å². The van der Waals surface area contributed by atoms with Crippen LogP contribution in [0.2, 0.25) is 0 Å². The van der Waals surface area contributed by atoms with Gasteiger partial charge in [0.15, 0.2) is 23.6 Å². The molecule has 0 saturated carbocycles. The zero-order valence-corrected chi connectivity index (χ0v) is 26.4. The van der Waals surface area contributed by atoms with E-state index in [4.69, 9.17) is 51.3 Å². The number of methoxy groups -OCH3 is 2. The molecule has 0 aromatic carbocycles. The van der Waals surface area contributed by atoms with Gasteiger partial charge in [0, 0.05) is 20.4 Å². The van der Waals surface area contributed by atoms with E-state index >= 15 is 0 Å². The second-order valence-electron chi connectivity index (χ2n) is 9.96. The Balaban J connectivity index is 1.36. The maximum atomic E-state index is 12.3. The number of fused-ring (bicyclic) bond motifs is 1. The van der Waals surface area contributed by atoms with Gasteiger partial charge in [-0.2, -0.15) is 9.97 Å². The Bertz CT molecular complexity index is 1780. The zero-order valence-electron chi connectivity index (χ0n) is 23.8. The van der Waals surface area contributed by atoms with Crippen LogP contribution in [0, 0.1) is 0 Å². The summed E-state index contributed by atoms with van der Waals surface area (Å²) in [5, 5.41) is 10.8. The Kier molecular flexibility index (Phi) is 10.1. The van der Waals surface area contributed by atoms with Gasteiger partial charge < -0.3 is 54.7 Å². The van der Waals surface area contributed by atoms with E-state index in [-0.39, 0.29) is 22.9 Å². The van der Waals surface area contributed by atoms with E-state index in [0.29, 0.717) is 0 Å². The summed E-state index contributed by atoms with van der Waals surface area (Å²) < 4.78 is 52.3. The van der Waals surface area contributed by atoms with Crippen molar-refractivity contribution < 1.29 is 56.9 Å². The van der Waals surface area contributed by atoms with Crippen LogP contribution in [0.25, 0.3) is 11.2 Å². The Morgan fingerprint density at radius 3 is 2.30 bits per heavy atom. The van der Waals surface area contributed by atoms with Gasteiger partial charge in [0.2, 0.25) is 5.95 Å². The molecule has 2 aliphatic heterocycles. The van der Waals surface area contributed by atoms with Gasteiger partial charge >= 0.3 is 20.2 Å². The molecule has 3 unspecified atom stereocenters.